The van der Waals surface area contributed by atoms with Crippen molar-refractivity contribution >= 4 is 37.8 Å². The molecule has 14 heavy (non-hydrogen) atoms. The largest absolute Gasteiger partial charge is 0.462 e. The van der Waals surface area contributed by atoms with Gasteiger partial charge in [-0.2, -0.15) is 0 Å². The van der Waals surface area contributed by atoms with E-state index in [-0.39, 0.29) is 9.71 Å². The molecular formula is C10H10Br2O2. The lowest BCUT2D eigenvalue weighted by Gasteiger charge is -2.05. The van der Waals surface area contributed by atoms with Gasteiger partial charge < -0.3 is 4.74 Å². The number of rotatable bonds is 3. The van der Waals surface area contributed by atoms with Crippen LogP contribution < -0.4 is 0 Å². The van der Waals surface area contributed by atoms with Crippen LogP contribution in [-0.2, 0) is 4.74 Å². The molecule has 0 saturated carbocycles. The fourth-order valence-corrected chi connectivity index (χ4v) is 1.59. The van der Waals surface area contributed by atoms with Crippen LogP contribution in [0.25, 0.3) is 0 Å². The SMILES string of the molecule is CCOC(=O)c1cccc(C(Br)Br)c1. The number of carbonyl (C=O) groups is 1. The topological polar surface area (TPSA) is 26.3 Å². The van der Waals surface area contributed by atoms with Crippen molar-refractivity contribution in [2.75, 3.05) is 6.61 Å². The van der Waals surface area contributed by atoms with Gasteiger partial charge in [-0.15, -0.1) is 0 Å². The Balaban J connectivity index is 2.88. The molecule has 0 fully saturated rings. The van der Waals surface area contributed by atoms with Crippen LogP contribution in [0.4, 0.5) is 0 Å². The predicted molar refractivity (Wildman–Crippen MR) is 63.0 cm³/mol. The maximum absolute atomic E-state index is 11.4. The van der Waals surface area contributed by atoms with Crippen molar-refractivity contribution in [3.8, 4) is 0 Å². The molecule has 0 aromatic heterocycles. The Kier molecular flexibility index (Phi) is 4.62. The summed E-state index contributed by atoms with van der Waals surface area (Å²) in [6, 6.07) is 7.30. The molecule has 0 heterocycles. The van der Waals surface area contributed by atoms with Gasteiger partial charge in [-0.25, -0.2) is 4.79 Å². The highest BCUT2D eigenvalue weighted by molar-refractivity contribution is 9.24. The monoisotopic (exact) mass is 320 g/mol. The van der Waals surface area contributed by atoms with Crippen molar-refractivity contribution < 1.29 is 9.53 Å². The minimum absolute atomic E-state index is 0.0596. The molecule has 0 N–H and O–H groups in total. The van der Waals surface area contributed by atoms with Gasteiger partial charge in [0.1, 0.15) is 0 Å². The standard InChI is InChI=1S/C10H10Br2O2/c1-2-14-10(13)8-5-3-4-7(6-8)9(11)12/h3-6,9H,2H2,1H3. The molecule has 1 aromatic carbocycles. The van der Waals surface area contributed by atoms with E-state index in [1.807, 2.05) is 12.1 Å². The van der Waals surface area contributed by atoms with E-state index in [0.29, 0.717) is 12.2 Å². The smallest absolute Gasteiger partial charge is 0.338 e. The van der Waals surface area contributed by atoms with Crippen molar-refractivity contribution in [1.29, 1.82) is 0 Å². The second-order valence-corrected chi connectivity index (χ2v) is 5.71. The molecule has 0 saturated heterocycles. The third-order valence-corrected chi connectivity index (χ3v) is 2.71. The Labute approximate surface area is 99.9 Å². The van der Waals surface area contributed by atoms with E-state index in [1.54, 1.807) is 19.1 Å². The first kappa shape index (κ1) is 11.7. The molecule has 0 aliphatic heterocycles. The first-order chi connectivity index (χ1) is 6.65. The summed E-state index contributed by atoms with van der Waals surface area (Å²) in [6.07, 6.45) is 0. The van der Waals surface area contributed by atoms with Gasteiger partial charge in [-0.05, 0) is 24.6 Å². The van der Waals surface area contributed by atoms with Crippen LogP contribution in [0.1, 0.15) is 26.6 Å². The van der Waals surface area contributed by atoms with Crippen molar-refractivity contribution in [3.63, 3.8) is 0 Å². The molecule has 0 spiro atoms. The molecular weight excluding hydrogens is 312 g/mol. The van der Waals surface area contributed by atoms with Crippen molar-refractivity contribution in [2.24, 2.45) is 0 Å². The van der Waals surface area contributed by atoms with E-state index >= 15 is 0 Å². The second-order valence-electron chi connectivity index (χ2n) is 2.65. The molecule has 76 valence electrons. The van der Waals surface area contributed by atoms with E-state index in [2.05, 4.69) is 31.9 Å². The number of hydrogen-bond donors (Lipinski definition) is 0. The van der Waals surface area contributed by atoms with Crippen LogP contribution in [-0.4, -0.2) is 12.6 Å². The lowest BCUT2D eigenvalue weighted by atomic mass is 10.1. The van der Waals surface area contributed by atoms with Gasteiger partial charge in [0.15, 0.2) is 0 Å². The summed E-state index contributed by atoms with van der Waals surface area (Å²) in [5, 5.41) is 0. The van der Waals surface area contributed by atoms with Crippen LogP contribution in [0.15, 0.2) is 24.3 Å². The Morgan fingerprint density at radius 1 is 1.50 bits per heavy atom. The molecule has 4 heteroatoms. The summed E-state index contributed by atoms with van der Waals surface area (Å²) < 4.78 is 4.95. The van der Waals surface area contributed by atoms with Crippen LogP contribution in [0, 0.1) is 0 Å². The summed E-state index contributed by atoms with van der Waals surface area (Å²) in [5.41, 5.74) is 1.57. The average Bonchev–Trinajstić information content (AvgIpc) is 2.18. The Bertz CT molecular complexity index is 324. The van der Waals surface area contributed by atoms with E-state index in [0.717, 1.165) is 5.56 Å². The van der Waals surface area contributed by atoms with Crippen LogP contribution in [0.5, 0.6) is 0 Å². The molecule has 1 rings (SSSR count). The number of carbonyl (C=O) groups excluding carboxylic acids is 1. The summed E-state index contributed by atoms with van der Waals surface area (Å²) in [5.74, 6) is -0.282. The van der Waals surface area contributed by atoms with E-state index in [9.17, 15) is 4.79 Å². The first-order valence-corrected chi connectivity index (χ1v) is 6.03. The number of hydrogen-bond acceptors (Lipinski definition) is 2. The molecule has 0 unspecified atom stereocenters. The Morgan fingerprint density at radius 2 is 2.21 bits per heavy atom. The summed E-state index contributed by atoms with van der Waals surface area (Å²) in [4.78, 5) is 11.4. The molecule has 0 aliphatic carbocycles. The second kappa shape index (κ2) is 5.51. The van der Waals surface area contributed by atoms with Gasteiger partial charge in [-0.1, -0.05) is 44.0 Å². The van der Waals surface area contributed by atoms with Gasteiger partial charge >= 0.3 is 5.97 Å². The van der Waals surface area contributed by atoms with Crippen molar-refractivity contribution in [1.82, 2.24) is 0 Å². The summed E-state index contributed by atoms with van der Waals surface area (Å²) in [6.45, 7) is 2.19. The maximum Gasteiger partial charge on any atom is 0.338 e. The third-order valence-electron chi connectivity index (χ3n) is 1.65. The van der Waals surface area contributed by atoms with Gasteiger partial charge in [0.05, 0.1) is 15.9 Å². The minimum atomic E-state index is -0.282. The highest BCUT2D eigenvalue weighted by Gasteiger charge is 2.09. The molecule has 0 aliphatic rings. The van der Waals surface area contributed by atoms with Gasteiger partial charge in [0, 0.05) is 0 Å². The Morgan fingerprint density at radius 3 is 2.79 bits per heavy atom. The lowest BCUT2D eigenvalue weighted by Crippen LogP contribution is -2.04. The van der Waals surface area contributed by atoms with E-state index < -0.39 is 0 Å². The summed E-state index contributed by atoms with van der Waals surface area (Å²) in [7, 11) is 0. The number of alkyl halides is 2. The summed E-state index contributed by atoms with van der Waals surface area (Å²) >= 11 is 6.74. The van der Waals surface area contributed by atoms with Crippen LogP contribution in [0.2, 0.25) is 0 Å². The molecule has 1 aromatic rings. The van der Waals surface area contributed by atoms with Gasteiger partial charge in [-0.3, -0.25) is 0 Å². The zero-order valence-electron chi connectivity index (χ0n) is 7.67. The number of esters is 1. The quantitative estimate of drug-likeness (QED) is 0.627. The minimum Gasteiger partial charge on any atom is -0.462 e. The maximum atomic E-state index is 11.4. The lowest BCUT2D eigenvalue weighted by molar-refractivity contribution is 0.0526. The normalized spacial score (nSPS) is 10.3. The fraction of sp³-hybridized carbons (Fsp3) is 0.300. The molecule has 0 atom stereocenters. The molecule has 2 nitrogen and oxygen atoms in total. The third kappa shape index (κ3) is 3.10. The van der Waals surface area contributed by atoms with Gasteiger partial charge in [0.25, 0.3) is 0 Å². The zero-order valence-corrected chi connectivity index (χ0v) is 10.8. The highest BCUT2D eigenvalue weighted by atomic mass is 79.9. The van der Waals surface area contributed by atoms with Crippen molar-refractivity contribution in [2.45, 2.75) is 10.7 Å². The molecule has 0 radical (unpaired) electrons. The number of halogens is 2. The average molecular weight is 322 g/mol. The van der Waals surface area contributed by atoms with E-state index in [4.69, 9.17) is 4.74 Å². The molecule has 0 bridgehead atoms. The van der Waals surface area contributed by atoms with Crippen LogP contribution >= 0.6 is 31.9 Å². The number of benzene rings is 1. The van der Waals surface area contributed by atoms with Gasteiger partial charge in [0.2, 0.25) is 0 Å². The van der Waals surface area contributed by atoms with Crippen LogP contribution in [0.3, 0.4) is 0 Å². The van der Waals surface area contributed by atoms with E-state index in [1.165, 1.54) is 0 Å². The fourth-order valence-electron chi connectivity index (χ4n) is 1.02. The molecule has 0 amide bonds. The Hall–Kier alpha value is -0.350. The van der Waals surface area contributed by atoms with Crippen molar-refractivity contribution in [3.05, 3.63) is 35.4 Å². The predicted octanol–water partition coefficient (Wildman–Crippen LogP) is 3.65. The highest BCUT2D eigenvalue weighted by Crippen LogP contribution is 2.29. The number of ether oxygens (including phenoxy) is 1. The first-order valence-electron chi connectivity index (χ1n) is 4.20. The zero-order chi connectivity index (χ0) is 10.6.